The zero-order chi connectivity index (χ0) is 15.0. The summed E-state index contributed by atoms with van der Waals surface area (Å²) in [7, 11) is 0. The van der Waals surface area contributed by atoms with Crippen LogP contribution in [0.2, 0.25) is 0 Å². The first-order valence-corrected chi connectivity index (χ1v) is 5.89. The van der Waals surface area contributed by atoms with E-state index in [1.54, 1.807) is 6.20 Å². The normalized spacial score (nSPS) is 11.2. The Hall–Kier alpha value is -2.77. The molecule has 0 aliphatic rings. The van der Waals surface area contributed by atoms with E-state index >= 15 is 0 Å². The van der Waals surface area contributed by atoms with Gasteiger partial charge in [-0.2, -0.15) is 5.10 Å². The number of nitrogens with zero attached hydrogens (tertiary/aromatic N) is 3. The number of halogens is 3. The second kappa shape index (κ2) is 4.97. The van der Waals surface area contributed by atoms with Gasteiger partial charge in [-0.25, -0.2) is 22.7 Å². The third kappa shape index (κ3) is 2.35. The van der Waals surface area contributed by atoms with E-state index in [4.69, 9.17) is 10.5 Å². The molecule has 1 aromatic carbocycles. The summed E-state index contributed by atoms with van der Waals surface area (Å²) in [6.07, 6.45) is -0.153. The summed E-state index contributed by atoms with van der Waals surface area (Å²) < 4.78 is 46.5. The van der Waals surface area contributed by atoms with Gasteiger partial charge >= 0.3 is 0 Å². The number of hydrogen-bond donors (Lipinski definition) is 1. The Bertz CT molecular complexity index is 803. The number of rotatable bonds is 3. The Morgan fingerprint density at radius 3 is 2.81 bits per heavy atom. The summed E-state index contributed by atoms with van der Waals surface area (Å²) in [6.45, 7) is 0. The number of pyridine rings is 1. The fourth-order valence-corrected chi connectivity index (χ4v) is 1.87. The maximum atomic E-state index is 13.7. The quantitative estimate of drug-likeness (QED) is 0.753. The molecule has 3 aromatic rings. The smallest absolute Gasteiger partial charge is 0.270 e. The number of aromatic nitrogens is 3. The highest BCUT2D eigenvalue weighted by atomic mass is 19.3. The number of fused-ring (bicyclic) bond motifs is 1. The summed E-state index contributed by atoms with van der Waals surface area (Å²) >= 11 is 0. The lowest BCUT2D eigenvalue weighted by atomic mass is 10.1. The van der Waals surface area contributed by atoms with Gasteiger partial charge in [0.05, 0.1) is 11.3 Å². The van der Waals surface area contributed by atoms with Crippen LogP contribution in [0.3, 0.4) is 0 Å². The Morgan fingerprint density at radius 2 is 2.05 bits per heavy atom. The van der Waals surface area contributed by atoms with E-state index in [1.165, 1.54) is 35.1 Å². The van der Waals surface area contributed by atoms with E-state index in [1.807, 2.05) is 0 Å². The van der Waals surface area contributed by atoms with Crippen molar-refractivity contribution >= 4 is 11.3 Å². The lowest BCUT2D eigenvalue weighted by Gasteiger charge is -2.12. The average molecular weight is 294 g/mol. The molecule has 5 nitrogen and oxygen atoms in total. The topological polar surface area (TPSA) is 65.4 Å². The van der Waals surface area contributed by atoms with Crippen molar-refractivity contribution in [1.82, 2.24) is 14.6 Å². The number of hydrogen-bond acceptors (Lipinski definition) is 4. The molecule has 0 unspecified atom stereocenters. The minimum atomic E-state index is -3.04. The van der Waals surface area contributed by atoms with Crippen LogP contribution in [0.15, 0.2) is 36.8 Å². The highest BCUT2D eigenvalue weighted by Crippen LogP contribution is 2.36. The van der Waals surface area contributed by atoms with E-state index in [0.29, 0.717) is 5.65 Å². The zero-order valence-electron chi connectivity index (χ0n) is 10.5. The molecule has 0 aliphatic carbocycles. The molecule has 2 N–H and O–H groups in total. The van der Waals surface area contributed by atoms with Crippen molar-refractivity contribution in [3.8, 4) is 11.5 Å². The number of nitrogen functional groups attached to an aromatic ring is 1. The summed E-state index contributed by atoms with van der Waals surface area (Å²) in [6, 6.07) is 5.38. The van der Waals surface area contributed by atoms with E-state index in [0.717, 1.165) is 0 Å². The summed E-state index contributed by atoms with van der Waals surface area (Å²) in [4.78, 5) is 3.94. The molecule has 0 saturated heterocycles. The van der Waals surface area contributed by atoms with E-state index < -0.39 is 17.8 Å². The zero-order valence-corrected chi connectivity index (χ0v) is 10.5. The highest BCUT2D eigenvalue weighted by molar-refractivity contribution is 5.52. The van der Waals surface area contributed by atoms with Gasteiger partial charge in [0, 0.05) is 12.3 Å². The van der Waals surface area contributed by atoms with Crippen LogP contribution in [0.25, 0.3) is 5.65 Å². The molecule has 2 aromatic heterocycles. The summed E-state index contributed by atoms with van der Waals surface area (Å²) in [5.41, 5.74) is 4.55. The fraction of sp³-hybridized carbons (Fsp3) is 0.0769. The van der Waals surface area contributed by atoms with Crippen molar-refractivity contribution in [1.29, 1.82) is 0 Å². The lowest BCUT2D eigenvalue weighted by Crippen LogP contribution is -2.01. The number of nitrogens with two attached hydrogens (primary N) is 1. The van der Waals surface area contributed by atoms with Crippen molar-refractivity contribution in [3.05, 3.63) is 48.2 Å². The van der Waals surface area contributed by atoms with Crippen LogP contribution in [-0.4, -0.2) is 14.6 Å². The number of anilines is 1. The molecule has 0 atom stereocenters. The van der Waals surface area contributed by atoms with Crippen molar-refractivity contribution in [2.45, 2.75) is 6.43 Å². The molecule has 3 rings (SSSR count). The van der Waals surface area contributed by atoms with E-state index in [2.05, 4.69) is 10.1 Å². The van der Waals surface area contributed by atoms with Crippen molar-refractivity contribution < 1.29 is 17.9 Å². The highest BCUT2D eigenvalue weighted by Gasteiger charge is 2.22. The fourth-order valence-electron chi connectivity index (χ4n) is 1.87. The first-order chi connectivity index (χ1) is 10.1. The molecule has 0 radical (unpaired) electrons. The maximum Gasteiger partial charge on any atom is 0.270 e. The molecule has 0 spiro atoms. The minimum absolute atomic E-state index is 0.238. The van der Waals surface area contributed by atoms with Gasteiger partial charge in [0.15, 0.2) is 11.5 Å². The second-order valence-corrected chi connectivity index (χ2v) is 4.21. The average Bonchev–Trinajstić information content (AvgIpc) is 2.90. The predicted octanol–water partition coefficient (Wildman–Crippen LogP) is 3.18. The molecule has 21 heavy (non-hydrogen) atoms. The van der Waals surface area contributed by atoms with Crippen LogP contribution in [0.5, 0.6) is 11.5 Å². The third-order valence-electron chi connectivity index (χ3n) is 2.87. The first kappa shape index (κ1) is 13.2. The molecular formula is C13H9F3N4O. The Morgan fingerprint density at radius 1 is 1.24 bits per heavy atom. The Kier molecular flexibility index (Phi) is 3.13. The summed E-state index contributed by atoms with van der Waals surface area (Å²) in [5.74, 6) is -1.23. The van der Waals surface area contributed by atoms with Crippen molar-refractivity contribution in [2.24, 2.45) is 0 Å². The molecule has 0 fully saturated rings. The van der Waals surface area contributed by atoms with Gasteiger partial charge in [0.2, 0.25) is 0 Å². The molecule has 0 saturated carbocycles. The van der Waals surface area contributed by atoms with Crippen molar-refractivity contribution in [2.75, 3.05) is 5.73 Å². The second-order valence-electron chi connectivity index (χ2n) is 4.21. The minimum Gasteiger partial charge on any atom is -0.457 e. The van der Waals surface area contributed by atoms with Gasteiger partial charge < -0.3 is 10.5 Å². The van der Waals surface area contributed by atoms with Gasteiger partial charge in [-0.05, 0) is 18.2 Å². The first-order valence-electron chi connectivity index (χ1n) is 5.89. The molecule has 2 heterocycles. The van der Waals surface area contributed by atoms with Crippen LogP contribution in [0.1, 0.15) is 12.0 Å². The SMILES string of the molecule is Nc1ccc(Oc2ccn3ncnc3c2)c(C(F)F)c1F. The van der Waals surface area contributed by atoms with Gasteiger partial charge in [-0.1, -0.05) is 0 Å². The van der Waals surface area contributed by atoms with Crippen LogP contribution in [0, 0.1) is 5.82 Å². The monoisotopic (exact) mass is 294 g/mol. The maximum absolute atomic E-state index is 13.7. The lowest BCUT2D eigenvalue weighted by molar-refractivity contribution is 0.143. The largest absolute Gasteiger partial charge is 0.457 e. The number of alkyl halides is 2. The van der Waals surface area contributed by atoms with Crippen LogP contribution in [-0.2, 0) is 0 Å². The van der Waals surface area contributed by atoms with Gasteiger partial charge in [-0.3, -0.25) is 0 Å². The van der Waals surface area contributed by atoms with Crippen LogP contribution >= 0.6 is 0 Å². The van der Waals surface area contributed by atoms with Crippen LogP contribution in [0.4, 0.5) is 18.9 Å². The van der Waals surface area contributed by atoms with E-state index in [-0.39, 0.29) is 17.2 Å². The molecule has 8 heteroatoms. The van der Waals surface area contributed by atoms with Gasteiger partial charge in [0.25, 0.3) is 6.43 Å². The molecule has 108 valence electrons. The molecular weight excluding hydrogens is 285 g/mol. The van der Waals surface area contributed by atoms with E-state index in [9.17, 15) is 13.2 Å². The Labute approximate surface area is 116 Å². The molecule has 0 bridgehead atoms. The third-order valence-corrected chi connectivity index (χ3v) is 2.87. The van der Waals surface area contributed by atoms with Gasteiger partial charge in [0.1, 0.15) is 17.8 Å². The van der Waals surface area contributed by atoms with Gasteiger partial charge in [-0.15, -0.1) is 0 Å². The molecule has 0 amide bonds. The molecule has 0 aliphatic heterocycles. The van der Waals surface area contributed by atoms with Crippen LogP contribution < -0.4 is 10.5 Å². The number of ether oxygens (including phenoxy) is 1. The van der Waals surface area contributed by atoms with Crippen molar-refractivity contribution in [3.63, 3.8) is 0 Å². The standard InChI is InChI=1S/C13H9F3N4O/c14-12-8(17)1-2-9(11(12)13(15)16)21-7-3-4-20-10(5-7)18-6-19-20/h1-6,13H,17H2. The predicted molar refractivity (Wildman–Crippen MR) is 68.8 cm³/mol. The number of benzene rings is 1. The summed E-state index contributed by atoms with van der Waals surface area (Å²) in [5, 5.41) is 3.89. The Balaban J connectivity index is 2.02.